The van der Waals surface area contributed by atoms with E-state index in [1.54, 1.807) is 0 Å². The Morgan fingerprint density at radius 3 is 2.65 bits per heavy atom. The topological polar surface area (TPSA) is 33.4 Å². The first kappa shape index (κ1) is 16.4. The Morgan fingerprint density at radius 1 is 1.09 bits per heavy atom. The molecule has 0 saturated heterocycles. The summed E-state index contributed by atoms with van der Waals surface area (Å²) in [7, 11) is 0. The van der Waals surface area contributed by atoms with Gasteiger partial charge >= 0.3 is 0 Å². The van der Waals surface area contributed by atoms with Crippen LogP contribution in [0.1, 0.15) is 82.6 Å². The highest BCUT2D eigenvalue weighted by Gasteiger charge is 2.25. The first-order valence-corrected chi connectivity index (χ1v) is 9.30. The molecule has 3 rings (SSSR count). The highest BCUT2D eigenvalue weighted by molar-refractivity contribution is 5.89. The van der Waals surface area contributed by atoms with Gasteiger partial charge in [0.1, 0.15) is 17.1 Å². The third kappa shape index (κ3) is 3.27. The lowest BCUT2D eigenvalue weighted by Crippen LogP contribution is -2.16. The second kappa shape index (κ2) is 6.59. The van der Waals surface area contributed by atoms with Crippen LogP contribution in [0.25, 0.3) is 11.0 Å². The van der Waals surface area contributed by atoms with Crippen molar-refractivity contribution in [2.75, 3.05) is 0 Å². The molecule has 0 bridgehead atoms. The molecular weight excluding hydrogens is 284 g/mol. The van der Waals surface area contributed by atoms with Crippen molar-refractivity contribution < 1.29 is 9.52 Å². The molecule has 1 aliphatic rings. The van der Waals surface area contributed by atoms with Gasteiger partial charge in [-0.1, -0.05) is 46.5 Å². The van der Waals surface area contributed by atoms with E-state index in [-0.39, 0.29) is 5.41 Å². The van der Waals surface area contributed by atoms with Gasteiger partial charge in [-0.25, -0.2) is 0 Å². The molecule has 0 atom stereocenters. The van der Waals surface area contributed by atoms with Crippen LogP contribution in [-0.4, -0.2) is 5.11 Å². The molecule has 126 valence electrons. The molecule has 2 aromatic rings. The van der Waals surface area contributed by atoms with Crippen LogP contribution < -0.4 is 0 Å². The highest BCUT2D eigenvalue weighted by atomic mass is 16.3. The summed E-state index contributed by atoms with van der Waals surface area (Å²) >= 11 is 0. The molecule has 1 heterocycles. The number of benzene rings is 1. The maximum atomic E-state index is 10.6. The summed E-state index contributed by atoms with van der Waals surface area (Å²) in [5.41, 5.74) is 3.40. The van der Waals surface area contributed by atoms with E-state index in [1.165, 1.54) is 49.7 Å². The van der Waals surface area contributed by atoms with Gasteiger partial charge in [0.05, 0.1) is 5.39 Å². The Hall–Kier alpha value is -1.44. The molecule has 1 aromatic heterocycles. The monoisotopic (exact) mass is 314 g/mol. The number of unbranched alkanes of at least 4 members (excludes halogenated alkanes) is 3. The smallest absolute Gasteiger partial charge is 0.138 e. The van der Waals surface area contributed by atoms with Crippen molar-refractivity contribution in [1.29, 1.82) is 0 Å². The number of aryl methyl sites for hydroxylation is 2. The number of phenols is 1. The van der Waals surface area contributed by atoms with Crippen LogP contribution in [0.4, 0.5) is 0 Å². The SMILES string of the molecule is CCCCCCC(C)(C)c1cc(O)c2c3c(oc2c1)CCCC3. The zero-order chi connectivity index (χ0) is 16.4. The van der Waals surface area contributed by atoms with Crippen molar-refractivity contribution in [2.45, 2.75) is 84.0 Å². The van der Waals surface area contributed by atoms with Gasteiger partial charge in [-0.05, 0) is 48.8 Å². The number of hydrogen-bond donors (Lipinski definition) is 1. The lowest BCUT2D eigenvalue weighted by atomic mass is 9.79. The highest BCUT2D eigenvalue weighted by Crippen LogP contribution is 2.41. The summed E-state index contributed by atoms with van der Waals surface area (Å²) in [5.74, 6) is 1.51. The number of phenolic OH excluding ortho intramolecular Hbond substituents is 1. The fraction of sp³-hybridized carbons (Fsp3) is 0.619. The average molecular weight is 314 g/mol. The molecule has 0 unspecified atom stereocenters. The van der Waals surface area contributed by atoms with Gasteiger partial charge in [-0.3, -0.25) is 0 Å². The predicted molar refractivity (Wildman–Crippen MR) is 96.3 cm³/mol. The van der Waals surface area contributed by atoms with Gasteiger partial charge in [0.25, 0.3) is 0 Å². The molecule has 2 nitrogen and oxygen atoms in total. The number of fused-ring (bicyclic) bond motifs is 3. The molecule has 0 fully saturated rings. The van der Waals surface area contributed by atoms with Gasteiger partial charge < -0.3 is 9.52 Å². The van der Waals surface area contributed by atoms with Gasteiger partial charge in [0.2, 0.25) is 0 Å². The summed E-state index contributed by atoms with van der Waals surface area (Å²) in [5, 5.41) is 11.6. The molecule has 0 amide bonds. The first-order chi connectivity index (χ1) is 11.0. The van der Waals surface area contributed by atoms with Crippen LogP contribution in [0.2, 0.25) is 0 Å². The standard InChI is InChI=1S/C21H30O2/c1-4-5-6-9-12-21(2,3)15-13-17(22)20-16-10-7-8-11-18(16)23-19(20)14-15/h13-14,22H,4-12H2,1-3H3. The van der Waals surface area contributed by atoms with E-state index in [0.29, 0.717) is 5.75 Å². The molecule has 1 aliphatic carbocycles. The van der Waals surface area contributed by atoms with E-state index < -0.39 is 0 Å². The van der Waals surface area contributed by atoms with Gasteiger partial charge in [0.15, 0.2) is 0 Å². The second-order valence-corrected chi connectivity index (χ2v) is 7.77. The minimum Gasteiger partial charge on any atom is -0.507 e. The zero-order valence-electron chi connectivity index (χ0n) is 14.9. The molecule has 0 saturated carbocycles. The largest absolute Gasteiger partial charge is 0.507 e. The third-order valence-electron chi connectivity index (χ3n) is 5.47. The van der Waals surface area contributed by atoms with Gasteiger partial charge in [-0.15, -0.1) is 0 Å². The Bertz CT molecular complexity index is 679. The Balaban J connectivity index is 1.90. The van der Waals surface area contributed by atoms with E-state index in [2.05, 4.69) is 26.8 Å². The molecule has 2 heteroatoms. The minimum atomic E-state index is 0.0761. The summed E-state index contributed by atoms with van der Waals surface area (Å²) in [6.07, 6.45) is 10.7. The summed E-state index contributed by atoms with van der Waals surface area (Å²) in [6.45, 7) is 6.81. The normalized spacial score (nSPS) is 15.1. The molecule has 1 aromatic carbocycles. The van der Waals surface area contributed by atoms with E-state index in [9.17, 15) is 5.11 Å². The van der Waals surface area contributed by atoms with Crippen molar-refractivity contribution >= 4 is 11.0 Å². The molecule has 0 radical (unpaired) electrons. The Morgan fingerprint density at radius 2 is 1.87 bits per heavy atom. The quantitative estimate of drug-likeness (QED) is 0.638. The van der Waals surface area contributed by atoms with Crippen LogP contribution in [0, 0.1) is 0 Å². The van der Waals surface area contributed by atoms with E-state index >= 15 is 0 Å². The fourth-order valence-corrected chi connectivity index (χ4v) is 3.90. The summed E-state index contributed by atoms with van der Waals surface area (Å²) < 4.78 is 6.09. The maximum absolute atomic E-state index is 10.6. The molecule has 0 aliphatic heterocycles. The van der Waals surface area contributed by atoms with Crippen molar-refractivity contribution in [3.05, 3.63) is 29.0 Å². The van der Waals surface area contributed by atoms with Crippen LogP contribution in [0.5, 0.6) is 5.75 Å². The van der Waals surface area contributed by atoms with Gasteiger partial charge in [-0.2, -0.15) is 0 Å². The maximum Gasteiger partial charge on any atom is 0.138 e. The van der Waals surface area contributed by atoms with E-state index in [0.717, 1.165) is 36.0 Å². The lowest BCUT2D eigenvalue weighted by Gasteiger charge is -2.25. The van der Waals surface area contributed by atoms with Crippen LogP contribution in [-0.2, 0) is 18.3 Å². The van der Waals surface area contributed by atoms with Crippen LogP contribution in [0.3, 0.4) is 0 Å². The van der Waals surface area contributed by atoms with Crippen molar-refractivity contribution in [1.82, 2.24) is 0 Å². The molecule has 23 heavy (non-hydrogen) atoms. The Labute approximate surface area is 139 Å². The zero-order valence-corrected chi connectivity index (χ0v) is 14.9. The van der Waals surface area contributed by atoms with Crippen molar-refractivity contribution in [3.8, 4) is 5.75 Å². The first-order valence-electron chi connectivity index (χ1n) is 9.30. The van der Waals surface area contributed by atoms with Gasteiger partial charge in [0, 0.05) is 12.0 Å². The lowest BCUT2D eigenvalue weighted by molar-refractivity contribution is 0.438. The van der Waals surface area contributed by atoms with E-state index in [4.69, 9.17) is 4.42 Å². The summed E-state index contributed by atoms with van der Waals surface area (Å²) in [6, 6.07) is 4.15. The fourth-order valence-electron chi connectivity index (χ4n) is 3.90. The third-order valence-corrected chi connectivity index (χ3v) is 5.47. The molecular formula is C21H30O2. The van der Waals surface area contributed by atoms with Crippen molar-refractivity contribution in [3.63, 3.8) is 0 Å². The number of furan rings is 1. The second-order valence-electron chi connectivity index (χ2n) is 7.77. The van der Waals surface area contributed by atoms with Crippen LogP contribution >= 0.6 is 0 Å². The van der Waals surface area contributed by atoms with Crippen molar-refractivity contribution in [2.24, 2.45) is 0 Å². The molecule has 0 spiro atoms. The average Bonchev–Trinajstić information content (AvgIpc) is 2.90. The summed E-state index contributed by atoms with van der Waals surface area (Å²) in [4.78, 5) is 0. The van der Waals surface area contributed by atoms with Crippen LogP contribution in [0.15, 0.2) is 16.5 Å². The molecule has 1 N–H and O–H groups in total. The number of rotatable bonds is 6. The number of aromatic hydroxyl groups is 1. The predicted octanol–water partition coefficient (Wildman–Crippen LogP) is 6.27. The minimum absolute atomic E-state index is 0.0761. The van der Waals surface area contributed by atoms with E-state index in [1.807, 2.05) is 6.07 Å². The Kier molecular flexibility index (Phi) is 4.70. The number of hydrogen-bond acceptors (Lipinski definition) is 2.